The van der Waals surface area contributed by atoms with Crippen LogP contribution in [0, 0.1) is 0 Å². The summed E-state index contributed by atoms with van der Waals surface area (Å²) in [5.41, 5.74) is 5.17. The number of nitrogens with zero attached hydrogens (tertiary/aromatic N) is 7. The summed E-state index contributed by atoms with van der Waals surface area (Å²) in [5.74, 6) is 0.791. The van der Waals surface area contributed by atoms with Crippen molar-refractivity contribution in [3.63, 3.8) is 0 Å². The summed E-state index contributed by atoms with van der Waals surface area (Å²) >= 11 is 0. The summed E-state index contributed by atoms with van der Waals surface area (Å²) in [6, 6.07) is 13.8. The molecule has 1 aliphatic heterocycles. The van der Waals surface area contributed by atoms with Gasteiger partial charge in [0.05, 0.1) is 11.4 Å². The van der Waals surface area contributed by atoms with Gasteiger partial charge in [0.25, 0.3) is 5.91 Å². The lowest BCUT2D eigenvalue weighted by molar-refractivity contribution is 0.0706. The van der Waals surface area contributed by atoms with Crippen LogP contribution in [0.3, 0.4) is 0 Å². The molecule has 0 saturated carbocycles. The highest BCUT2D eigenvalue weighted by molar-refractivity contribution is 5.95. The summed E-state index contributed by atoms with van der Waals surface area (Å²) in [7, 11) is 3.88. The minimum absolute atomic E-state index is 0.00153. The normalized spacial score (nSPS) is 15.6. The molecule has 0 bridgehead atoms. The molecule has 1 aromatic carbocycles. The van der Waals surface area contributed by atoms with Crippen molar-refractivity contribution in [3.05, 3.63) is 84.8 Å². The van der Waals surface area contributed by atoms with Gasteiger partial charge in [-0.2, -0.15) is 0 Å². The zero-order chi connectivity index (χ0) is 24.2. The molecule has 4 aromatic rings. The molecule has 1 atom stereocenters. The summed E-state index contributed by atoms with van der Waals surface area (Å²) < 4.78 is 0. The minimum Gasteiger partial charge on any atom is -0.347 e. The molecule has 1 fully saturated rings. The molecular formula is C27H27N7O. The first-order valence-electron chi connectivity index (χ1n) is 11.7. The van der Waals surface area contributed by atoms with Gasteiger partial charge in [0.2, 0.25) is 5.95 Å². The monoisotopic (exact) mass is 465 g/mol. The van der Waals surface area contributed by atoms with Gasteiger partial charge in [-0.15, -0.1) is 0 Å². The fraction of sp³-hybridized carbons (Fsp3) is 0.259. The quantitative estimate of drug-likeness (QED) is 0.439. The number of hydrogen-bond donors (Lipinski definition) is 0. The van der Waals surface area contributed by atoms with Crippen LogP contribution < -0.4 is 4.90 Å². The fourth-order valence-corrected chi connectivity index (χ4v) is 4.47. The fourth-order valence-electron chi connectivity index (χ4n) is 4.47. The van der Waals surface area contributed by atoms with Crippen molar-refractivity contribution in [1.82, 2.24) is 29.8 Å². The Bertz CT molecular complexity index is 1310. The van der Waals surface area contributed by atoms with E-state index in [1.165, 1.54) is 6.33 Å². The van der Waals surface area contributed by atoms with Crippen molar-refractivity contribution in [2.24, 2.45) is 0 Å². The van der Waals surface area contributed by atoms with E-state index >= 15 is 0 Å². The molecule has 1 saturated heterocycles. The number of pyridine rings is 1. The molecular weight excluding hydrogens is 438 g/mol. The second-order valence-corrected chi connectivity index (χ2v) is 8.88. The highest BCUT2D eigenvalue weighted by atomic mass is 16.2. The zero-order valence-corrected chi connectivity index (χ0v) is 19.9. The number of rotatable bonds is 5. The second kappa shape index (κ2) is 9.97. The van der Waals surface area contributed by atoms with Gasteiger partial charge in [-0.3, -0.25) is 9.78 Å². The molecule has 0 spiro atoms. The molecule has 1 aliphatic rings. The van der Waals surface area contributed by atoms with Crippen molar-refractivity contribution in [1.29, 1.82) is 0 Å². The Kier molecular flexibility index (Phi) is 6.43. The van der Waals surface area contributed by atoms with E-state index in [0.29, 0.717) is 30.3 Å². The molecule has 0 radical (unpaired) electrons. The van der Waals surface area contributed by atoms with Crippen molar-refractivity contribution in [3.8, 4) is 22.4 Å². The minimum atomic E-state index is -0.00153. The van der Waals surface area contributed by atoms with E-state index in [4.69, 9.17) is 4.98 Å². The number of amides is 1. The zero-order valence-electron chi connectivity index (χ0n) is 19.9. The van der Waals surface area contributed by atoms with Gasteiger partial charge in [0, 0.05) is 74.6 Å². The number of aromatic nitrogens is 5. The molecule has 8 heteroatoms. The number of anilines is 1. The van der Waals surface area contributed by atoms with Crippen molar-refractivity contribution < 1.29 is 4.79 Å². The van der Waals surface area contributed by atoms with Crippen molar-refractivity contribution in [2.45, 2.75) is 18.8 Å². The average Bonchev–Trinajstić information content (AvgIpc) is 2.93. The Morgan fingerprint density at radius 1 is 1.00 bits per heavy atom. The molecule has 3 aromatic heterocycles. The SMILES string of the molecule is CN(C)c1ncc(-c2ccccc2)c([C@@H]2CCCN(C(=O)c3ccnc(-c4cncnc4)c3)C2)n1. The van der Waals surface area contributed by atoms with Crippen LogP contribution in [-0.4, -0.2) is 62.9 Å². The molecule has 8 nitrogen and oxygen atoms in total. The number of hydrogen-bond acceptors (Lipinski definition) is 7. The van der Waals surface area contributed by atoms with Gasteiger partial charge < -0.3 is 9.80 Å². The number of carbonyl (C=O) groups is 1. The summed E-state index contributed by atoms with van der Waals surface area (Å²) in [4.78, 5) is 39.4. The Morgan fingerprint density at radius 3 is 2.57 bits per heavy atom. The first-order valence-corrected chi connectivity index (χ1v) is 11.7. The van der Waals surface area contributed by atoms with Crippen LogP contribution in [-0.2, 0) is 0 Å². The maximum Gasteiger partial charge on any atom is 0.254 e. The third kappa shape index (κ3) is 4.87. The largest absolute Gasteiger partial charge is 0.347 e. The molecule has 4 heterocycles. The molecule has 0 unspecified atom stereocenters. The maximum atomic E-state index is 13.5. The summed E-state index contributed by atoms with van der Waals surface area (Å²) in [6.45, 7) is 1.32. The van der Waals surface area contributed by atoms with Crippen molar-refractivity contribution in [2.75, 3.05) is 32.1 Å². The molecule has 0 aliphatic carbocycles. The van der Waals surface area contributed by atoms with Crippen molar-refractivity contribution >= 4 is 11.9 Å². The third-order valence-electron chi connectivity index (χ3n) is 6.25. The molecule has 5 rings (SSSR count). The van der Waals surface area contributed by atoms with Crippen LogP contribution in [0.2, 0.25) is 0 Å². The van der Waals surface area contributed by atoms with E-state index in [1.54, 1.807) is 24.7 Å². The van der Waals surface area contributed by atoms with Crippen LogP contribution in [0.4, 0.5) is 5.95 Å². The van der Waals surface area contributed by atoms with Crippen LogP contribution in [0.1, 0.15) is 34.8 Å². The lowest BCUT2D eigenvalue weighted by Crippen LogP contribution is -2.39. The lowest BCUT2D eigenvalue weighted by Gasteiger charge is -2.33. The Balaban J connectivity index is 1.44. The average molecular weight is 466 g/mol. The van der Waals surface area contributed by atoms with Gasteiger partial charge in [-0.05, 0) is 30.5 Å². The smallest absolute Gasteiger partial charge is 0.254 e. The highest BCUT2D eigenvalue weighted by Gasteiger charge is 2.29. The number of piperidine rings is 1. The van der Waals surface area contributed by atoms with Gasteiger partial charge in [0.15, 0.2) is 0 Å². The summed E-state index contributed by atoms with van der Waals surface area (Å²) in [5, 5.41) is 0. The van der Waals surface area contributed by atoms with E-state index < -0.39 is 0 Å². The molecule has 0 N–H and O–H groups in total. The van der Waals surface area contributed by atoms with Gasteiger partial charge in [-0.1, -0.05) is 30.3 Å². The Labute approximate surface area is 204 Å². The van der Waals surface area contributed by atoms with Crippen LogP contribution in [0.15, 0.2) is 73.6 Å². The van der Waals surface area contributed by atoms with E-state index in [-0.39, 0.29) is 11.8 Å². The predicted molar refractivity (Wildman–Crippen MR) is 135 cm³/mol. The molecule has 1 amide bonds. The number of benzene rings is 1. The standard InChI is InChI=1S/C27H27N7O/c1-33(2)27-31-16-23(19-7-4-3-5-8-19)25(32-27)21-9-6-12-34(17-21)26(35)20-10-11-30-24(13-20)22-14-28-18-29-15-22/h3-5,7-8,10-11,13-16,18,21H,6,9,12,17H2,1-2H3/t21-/m1/s1. The Hall–Kier alpha value is -4.20. The first kappa shape index (κ1) is 22.6. The molecule has 35 heavy (non-hydrogen) atoms. The number of carbonyl (C=O) groups excluding carboxylic acids is 1. The van der Waals surface area contributed by atoms with Gasteiger partial charge in [0.1, 0.15) is 6.33 Å². The Morgan fingerprint density at radius 2 is 1.80 bits per heavy atom. The van der Waals surface area contributed by atoms with Crippen LogP contribution in [0.25, 0.3) is 22.4 Å². The van der Waals surface area contributed by atoms with E-state index in [1.807, 2.05) is 54.4 Å². The lowest BCUT2D eigenvalue weighted by atomic mass is 9.89. The predicted octanol–water partition coefficient (Wildman–Crippen LogP) is 4.08. The highest BCUT2D eigenvalue weighted by Crippen LogP contribution is 2.34. The van der Waals surface area contributed by atoms with E-state index in [2.05, 4.69) is 32.1 Å². The van der Waals surface area contributed by atoms with Gasteiger partial charge >= 0.3 is 0 Å². The van der Waals surface area contributed by atoms with Crippen LogP contribution >= 0.6 is 0 Å². The van der Waals surface area contributed by atoms with E-state index in [0.717, 1.165) is 35.2 Å². The van der Waals surface area contributed by atoms with E-state index in [9.17, 15) is 4.79 Å². The number of likely N-dealkylation sites (tertiary alicyclic amines) is 1. The van der Waals surface area contributed by atoms with Gasteiger partial charge in [-0.25, -0.2) is 19.9 Å². The second-order valence-electron chi connectivity index (χ2n) is 8.88. The molecule has 176 valence electrons. The first-order chi connectivity index (χ1) is 17.1. The summed E-state index contributed by atoms with van der Waals surface area (Å²) in [6.07, 6.45) is 10.3. The topological polar surface area (TPSA) is 88.0 Å². The maximum absolute atomic E-state index is 13.5. The third-order valence-corrected chi connectivity index (χ3v) is 6.25. The van der Waals surface area contributed by atoms with Crippen LogP contribution in [0.5, 0.6) is 0 Å².